The van der Waals surface area contributed by atoms with Gasteiger partial charge in [0.25, 0.3) is 5.91 Å². The molecule has 5 nitrogen and oxygen atoms in total. The van der Waals surface area contributed by atoms with Gasteiger partial charge in [0.15, 0.2) is 0 Å². The molecule has 0 bridgehead atoms. The number of primary amides is 1. The first-order valence-corrected chi connectivity index (χ1v) is 6.71. The number of nitrogen functional groups attached to an aromatic ring is 1. The van der Waals surface area contributed by atoms with Gasteiger partial charge in [-0.1, -0.05) is 29.8 Å². The monoisotopic (exact) mass is 300 g/mol. The van der Waals surface area contributed by atoms with Crippen LogP contribution in [0.3, 0.4) is 0 Å². The summed E-state index contributed by atoms with van der Waals surface area (Å²) in [5.74, 6) is -0.556. The molecule has 3 aromatic rings. The number of carbonyl (C=O) groups excluding carboxylic acids is 1. The molecule has 0 saturated carbocycles. The third kappa shape index (κ3) is 2.43. The Morgan fingerprint density at radius 3 is 2.76 bits per heavy atom. The van der Waals surface area contributed by atoms with Crippen molar-refractivity contribution in [2.45, 2.75) is 6.54 Å². The van der Waals surface area contributed by atoms with Crippen molar-refractivity contribution in [3.05, 3.63) is 58.9 Å². The van der Waals surface area contributed by atoms with Crippen LogP contribution in [0.1, 0.15) is 15.9 Å². The van der Waals surface area contributed by atoms with Crippen LogP contribution in [-0.4, -0.2) is 15.5 Å². The summed E-state index contributed by atoms with van der Waals surface area (Å²) >= 11 is 6.17. The van der Waals surface area contributed by atoms with Gasteiger partial charge in [0.05, 0.1) is 29.5 Å². The summed E-state index contributed by atoms with van der Waals surface area (Å²) in [7, 11) is 0. The Hall–Kier alpha value is -2.53. The van der Waals surface area contributed by atoms with E-state index in [0.29, 0.717) is 28.3 Å². The van der Waals surface area contributed by atoms with Gasteiger partial charge in [-0.2, -0.15) is 0 Å². The van der Waals surface area contributed by atoms with Gasteiger partial charge in [-0.15, -0.1) is 0 Å². The average Bonchev–Trinajstić information content (AvgIpc) is 2.82. The highest BCUT2D eigenvalue weighted by Crippen LogP contribution is 2.23. The summed E-state index contributed by atoms with van der Waals surface area (Å²) in [4.78, 5) is 15.7. The molecule has 0 aliphatic carbocycles. The number of fused-ring (bicyclic) bond motifs is 1. The standard InChI is InChI=1S/C15H13ClN4O/c16-11-4-2-1-3-9(11)7-20-8-19-13-6-12(17)10(15(18)21)5-14(13)20/h1-6,8H,7,17H2,(H2,18,21). The zero-order chi connectivity index (χ0) is 15.0. The number of anilines is 1. The van der Waals surface area contributed by atoms with E-state index in [1.807, 2.05) is 28.8 Å². The van der Waals surface area contributed by atoms with Crippen molar-refractivity contribution in [3.8, 4) is 0 Å². The van der Waals surface area contributed by atoms with Gasteiger partial charge in [-0.25, -0.2) is 4.98 Å². The van der Waals surface area contributed by atoms with Gasteiger partial charge < -0.3 is 16.0 Å². The van der Waals surface area contributed by atoms with Gasteiger partial charge >= 0.3 is 0 Å². The van der Waals surface area contributed by atoms with Crippen LogP contribution < -0.4 is 11.5 Å². The zero-order valence-electron chi connectivity index (χ0n) is 11.1. The molecule has 106 valence electrons. The fourth-order valence-corrected chi connectivity index (χ4v) is 2.47. The number of amides is 1. The minimum atomic E-state index is -0.556. The fraction of sp³-hybridized carbons (Fsp3) is 0.0667. The molecule has 0 atom stereocenters. The van der Waals surface area contributed by atoms with Crippen molar-refractivity contribution in [1.29, 1.82) is 0 Å². The number of halogens is 1. The van der Waals surface area contributed by atoms with Crippen LogP contribution in [-0.2, 0) is 6.54 Å². The predicted octanol–water partition coefficient (Wildman–Crippen LogP) is 2.42. The van der Waals surface area contributed by atoms with E-state index in [1.54, 1.807) is 18.5 Å². The van der Waals surface area contributed by atoms with E-state index in [4.69, 9.17) is 23.1 Å². The van der Waals surface area contributed by atoms with Crippen LogP contribution in [0.5, 0.6) is 0 Å². The second-order valence-electron chi connectivity index (χ2n) is 4.76. The van der Waals surface area contributed by atoms with Crippen LogP contribution in [0, 0.1) is 0 Å². The van der Waals surface area contributed by atoms with Gasteiger partial charge in [0, 0.05) is 10.7 Å². The topological polar surface area (TPSA) is 86.9 Å². The van der Waals surface area contributed by atoms with E-state index in [9.17, 15) is 4.79 Å². The predicted molar refractivity (Wildman–Crippen MR) is 83.2 cm³/mol. The highest BCUT2D eigenvalue weighted by Gasteiger charge is 2.12. The van der Waals surface area contributed by atoms with E-state index in [2.05, 4.69) is 4.98 Å². The number of rotatable bonds is 3. The van der Waals surface area contributed by atoms with Crippen molar-refractivity contribution in [1.82, 2.24) is 9.55 Å². The van der Waals surface area contributed by atoms with Gasteiger partial charge in [0.1, 0.15) is 0 Å². The van der Waals surface area contributed by atoms with Crippen molar-refractivity contribution < 1.29 is 4.79 Å². The third-order valence-corrected chi connectivity index (χ3v) is 3.73. The number of hydrogen-bond acceptors (Lipinski definition) is 3. The number of imidazole rings is 1. The normalized spacial score (nSPS) is 10.9. The molecule has 3 rings (SSSR count). The van der Waals surface area contributed by atoms with E-state index < -0.39 is 5.91 Å². The number of hydrogen-bond donors (Lipinski definition) is 2. The molecule has 1 amide bonds. The zero-order valence-corrected chi connectivity index (χ0v) is 11.8. The number of carbonyl (C=O) groups is 1. The van der Waals surface area contributed by atoms with Crippen LogP contribution in [0.2, 0.25) is 5.02 Å². The third-order valence-electron chi connectivity index (χ3n) is 3.36. The molecule has 0 unspecified atom stereocenters. The molecule has 2 aromatic carbocycles. The Kier molecular flexibility index (Phi) is 3.27. The first-order valence-electron chi connectivity index (χ1n) is 6.34. The second kappa shape index (κ2) is 5.10. The lowest BCUT2D eigenvalue weighted by molar-refractivity contribution is 0.100. The van der Waals surface area contributed by atoms with E-state index in [1.165, 1.54) is 0 Å². The molecular weight excluding hydrogens is 288 g/mol. The maximum absolute atomic E-state index is 11.4. The number of aromatic nitrogens is 2. The van der Waals surface area contributed by atoms with Gasteiger partial charge in [-0.05, 0) is 23.8 Å². The molecule has 6 heteroatoms. The highest BCUT2D eigenvalue weighted by atomic mass is 35.5. The highest BCUT2D eigenvalue weighted by molar-refractivity contribution is 6.31. The van der Waals surface area contributed by atoms with E-state index >= 15 is 0 Å². The number of nitrogens with two attached hydrogens (primary N) is 2. The molecule has 1 aromatic heterocycles. The largest absolute Gasteiger partial charge is 0.398 e. The fourth-order valence-electron chi connectivity index (χ4n) is 2.27. The summed E-state index contributed by atoms with van der Waals surface area (Å²) < 4.78 is 1.91. The van der Waals surface area contributed by atoms with Crippen molar-refractivity contribution in [2.75, 3.05) is 5.73 Å². The summed E-state index contributed by atoms with van der Waals surface area (Å²) in [6.07, 6.45) is 1.69. The van der Waals surface area contributed by atoms with Crippen LogP contribution >= 0.6 is 11.6 Å². The van der Waals surface area contributed by atoms with E-state index in [-0.39, 0.29) is 0 Å². The number of nitrogens with zero attached hydrogens (tertiary/aromatic N) is 2. The average molecular weight is 301 g/mol. The first-order chi connectivity index (χ1) is 10.1. The smallest absolute Gasteiger partial charge is 0.250 e. The lowest BCUT2D eigenvalue weighted by Gasteiger charge is -2.08. The summed E-state index contributed by atoms with van der Waals surface area (Å²) in [6, 6.07) is 10.9. The molecule has 1 heterocycles. The molecule has 0 radical (unpaired) electrons. The van der Waals surface area contributed by atoms with Gasteiger partial charge in [0.2, 0.25) is 0 Å². The Morgan fingerprint density at radius 1 is 1.29 bits per heavy atom. The van der Waals surface area contributed by atoms with Gasteiger partial charge in [-0.3, -0.25) is 4.79 Å². The van der Waals surface area contributed by atoms with Crippen LogP contribution in [0.4, 0.5) is 5.69 Å². The molecule has 0 saturated heterocycles. The minimum Gasteiger partial charge on any atom is -0.398 e. The summed E-state index contributed by atoms with van der Waals surface area (Å²) in [5.41, 5.74) is 14.2. The Morgan fingerprint density at radius 2 is 2.05 bits per heavy atom. The molecule has 0 aliphatic rings. The van der Waals surface area contributed by atoms with Crippen molar-refractivity contribution in [2.24, 2.45) is 5.73 Å². The molecule has 0 spiro atoms. The maximum Gasteiger partial charge on any atom is 0.250 e. The summed E-state index contributed by atoms with van der Waals surface area (Å²) in [6.45, 7) is 0.554. The number of benzene rings is 2. The van der Waals surface area contributed by atoms with E-state index in [0.717, 1.165) is 11.1 Å². The van der Waals surface area contributed by atoms with Crippen molar-refractivity contribution in [3.63, 3.8) is 0 Å². The second-order valence-corrected chi connectivity index (χ2v) is 5.16. The molecule has 0 fully saturated rings. The first kappa shape index (κ1) is 13.5. The Balaban J connectivity index is 2.09. The molecular formula is C15H13ClN4O. The maximum atomic E-state index is 11.4. The Bertz CT molecular complexity index is 841. The van der Waals surface area contributed by atoms with Crippen LogP contribution in [0.15, 0.2) is 42.7 Å². The lowest BCUT2D eigenvalue weighted by Crippen LogP contribution is -2.13. The van der Waals surface area contributed by atoms with Crippen LogP contribution in [0.25, 0.3) is 11.0 Å². The molecule has 0 aliphatic heterocycles. The Labute approximate surface area is 126 Å². The SMILES string of the molecule is NC(=O)c1cc2c(cc1N)ncn2Cc1ccccc1Cl. The quantitative estimate of drug-likeness (QED) is 0.728. The minimum absolute atomic E-state index is 0.295. The molecule has 21 heavy (non-hydrogen) atoms. The molecule has 4 N–H and O–H groups in total. The lowest BCUT2D eigenvalue weighted by atomic mass is 10.1. The van der Waals surface area contributed by atoms with Crippen molar-refractivity contribution >= 4 is 34.2 Å². The summed E-state index contributed by atoms with van der Waals surface area (Å²) in [5, 5.41) is 0.685.